The number of hydrogen-bond donors (Lipinski definition) is 0. The summed E-state index contributed by atoms with van der Waals surface area (Å²) in [5.41, 5.74) is 0.646. The van der Waals surface area contributed by atoms with Gasteiger partial charge < -0.3 is 9.32 Å². The predicted octanol–water partition coefficient (Wildman–Crippen LogP) is 3.45. The van der Waals surface area contributed by atoms with Gasteiger partial charge in [0.05, 0.1) is 10.6 Å². The number of rotatable bonds is 6. The average Bonchev–Trinajstić information content (AvgIpc) is 3.29. The van der Waals surface area contributed by atoms with Crippen molar-refractivity contribution in [3.63, 3.8) is 0 Å². The second kappa shape index (κ2) is 8.97. The molecule has 0 bridgehead atoms. The first-order valence-corrected chi connectivity index (χ1v) is 11.7. The molecule has 31 heavy (non-hydrogen) atoms. The number of nitrogens with zero attached hydrogens (tertiary/aromatic N) is 3. The molecule has 0 unspecified atom stereocenters. The van der Waals surface area contributed by atoms with Crippen molar-refractivity contribution in [3.05, 3.63) is 66.3 Å². The van der Waals surface area contributed by atoms with Crippen LogP contribution < -0.4 is 0 Å². The Morgan fingerprint density at radius 3 is 2.39 bits per heavy atom. The largest absolute Gasteiger partial charge is 0.420 e. The summed E-state index contributed by atoms with van der Waals surface area (Å²) < 4.78 is 43.6. The van der Waals surface area contributed by atoms with Crippen LogP contribution in [0.2, 0.25) is 0 Å². The van der Waals surface area contributed by atoms with Crippen molar-refractivity contribution in [1.82, 2.24) is 15.1 Å². The first kappa shape index (κ1) is 21.2. The Hall–Kier alpha value is -3.07. The molecule has 0 aliphatic carbocycles. The second-order valence-corrected chi connectivity index (χ2v) is 9.60. The number of likely N-dealkylation sites (tertiary alicyclic amines) is 1. The van der Waals surface area contributed by atoms with Crippen LogP contribution in [-0.2, 0) is 14.6 Å². The van der Waals surface area contributed by atoms with Gasteiger partial charge in [-0.15, -0.1) is 10.2 Å². The summed E-state index contributed by atoms with van der Waals surface area (Å²) >= 11 is 0. The van der Waals surface area contributed by atoms with Crippen molar-refractivity contribution < 1.29 is 22.0 Å². The monoisotopic (exact) mass is 443 g/mol. The van der Waals surface area contributed by atoms with E-state index in [9.17, 15) is 17.6 Å². The molecule has 3 aromatic rings. The van der Waals surface area contributed by atoms with Gasteiger partial charge in [0, 0.05) is 31.0 Å². The zero-order valence-electron chi connectivity index (χ0n) is 16.8. The lowest BCUT2D eigenvalue weighted by molar-refractivity contribution is -0.131. The topological polar surface area (TPSA) is 93.4 Å². The standard InChI is InChI=1S/C22H22FN3O4S/c23-18-8-6-16(7-9-18)21-24-25-22(30-21)17-10-13-26(14-11-17)20(27)12-15-31(28,29)19-4-2-1-3-5-19/h1-9,17H,10-15H2. The minimum Gasteiger partial charge on any atom is -0.420 e. The Bertz CT molecular complexity index is 1140. The third kappa shape index (κ3) is 4.99. The number of sulfone groups is 1. The highest BCUT2D eigenvalue weighted by molar-refractivity contribution is 7.91. The zero-order valence-corrected chi connectivity index (χ0v) is 17.6. The maximum atomic E-state index is 13.1. The van der Waals surface area contributed by atoms with Crippen LogP contribution >= 0.6 is 0 Å². The molecule has 7 nitrogen and oxygen atoms in total. The summed E-state index contributed by atoms with van der Waals surface area (Å²) in [6.45, 7) is 1.01. The fourth-order valence-electron chi connectivity index (χ4n) is 3.61. The van der Waals surface area contributed by atoms with Crippen LogP contribution in [0.1, 0.15) is 31.1 Å². The van der Waals surface area contributed by atoms with Gasteiger partial charge in [-0.05, 0) is 49.2 Å². The van der Waals surface area contributed by atoms with Gasteiger partial charge in [-0.25, -0.2) is 12.8 Å². The molecule has 0 saturated carbocycles. The Balaban J connectivity index is 1.30. The molecule has 0 radical (unpaired) electrons. The summed E-state index contributed by atoms with van der Waals surface area (Å²) in [5, 5.41) is 8.16. The maximum absolute atomic E-state index is 13.1. The second-order valence-electron chi connectivity index (χ2n) is 7.49. The van der Waals surface area contributed by atoms with Gasteiger partial charge in [-0.3, -0.25) is 4.79 Å². The molecule has 0 N–H and O–H groups in total. The Morgan fingerprint density at radius 1 is 1.03 bits per heavy atom. The van der Waals surface area contributed by atoms with Gasteiger partial charge in [0.1, 0.15) is 5.82 Å². The molecule has 1 saturated heterocycles. The molecular formula is C22H22FN3O4S. The molecule has 2 aromatic carbocycles. The highest BCUT2D eigenvalue weighted by atomic mass is 32.2. The molecule has 1 amide bonds. The number of halogens is 1. The minimum atomic E-state index is -3.48. The zero-order chi connectivity index (χ0) is 21.8. The first-order chi connectivity index (χ1) is 14.9. The van der Waals surface area contributed by atoms with Crippen molar-refractivity contribution in [2.45, 2.75) is 30.1 Å². The van der Waals surface area contributed by atoms with E-state index in [1.165, 1.54) is 24.3 Å². The van der Waals surface area contributed by atoms with Crippen molar-refractivity contribution >= 4 is 15.7 Å². The number of carbonyl (C=O) groups excluding carboxylic acids is 1. The number of piperidine rings is 1. The summed E-state index contributed by atoms with van der Waals surface area (Å²) in [5.74, 6) is 0.143. The van der Waals surface area contributed by atoms with E-state index in [1.807, 2.05) is 0 Å². The van der Waals surface area contributed by atoms with E-state index in [0.29, 0.717) is 43.3 Å². The van der Waals surface area contributed by atoms with Crippen molar-refractivity contribution in [3.8, 4) is 11.5 Å². The molecule has 0 spiro atoms. The van der Waals surface area contributed by atoms with Gasteiger partial charge in [-0.1, -0.05) is 18.2 Å². The van der Waals surface area contributed by atoms with Crippen molar-refractivity contribution in [2.24, 2.45) is 0 Å². The van der Waals surface area contributed by atoms with Crippen molar-refractivity contribution in [2.75, 3.05) is 18.8 Å². The van der Waals surface area contributed by atoms with E-state index in [1.54, 1.807) is 35.2 Å². The van der Waals surface area contributed by atoms with Gasteiger partial charge in [0.25, 0.3) is 0 Å². The SMILES string of the molecule is O=C(CCS(=O)(=O)c1ccccc1)N1CCC(c2nnc(-c3ccc(F)cc3)o2)CC1. The molecule has 1 aliphatic heterocycles. The van der Waals surface area contributed by atoms with Gasteiger partial charge in [0.2, 0.25) is 17.7 Å². The molecule has 1 aromatic heterocycles. The van der Waals surface area contributed by atoms with E-state index in [4.69, 9.17) is 4.42 Å². The van der Waals surface area contributed by atoms with Gasteiger partial charge in [-0.2, -0.15) is 0 Å². The Kier molecular flexibility index (Phi) is 6.13. The lowest BCUT2D eigenvalue weighted by Gasteiger charge is -2.30. The summed E-state index contributed by atoms with van der Waals surface area (Å²) in [6.07, 6.45) is 1.27. The average molecular weight is 444 g/mol. The van der Waals surface area contributed by atoms with Crippen LogP contribution in [0.3, 0.4) is 0 Å². The maximum Gasteiger partial charge on any atom is 0.247 e. The molecule has 4 rings (SSSR count). The molecule has 162 valence electrons. The quantitative estimate of drug-likeness (QED) is 0.579. The van der Waals surface area contributed by atoms with E-state index in [0.717, 1.165) is 0 Å². The molecule has 1 aliphatic rings. The molecular weight excluding hydrogens is 421 g/mol. The number of carbonyl (C=O) groups is 1. The van der Waals surface area contributed by atoms with Crippen molar-refractivity contribution in [1.29, 1.82) is 0 Å². The molecule has 1 fully saturated rings. The number of benzene rings is 2. The molecule has 2 heterocycles. The van der Waals surface area contributed by atoms with E-state index in [-0.39, 0.29) is 34.7 Å². The Morgan fingerprint density at radius 2 is 1.71 bits per heavy atom. The lowest BCUT2D eigenvalue weighted by Crippen LogP contribution is -2.38. The van der Waals surface area contributed by atoms with E-state index in [2.05, 4.69) is 10.2 Å². The molecule has 0 atom stereocenters. The van der Waals surface area contributed by atoms with E-state index >= 15 is 0 Å². The predicted molar refractivity (Wildman–Crippen MR) is 111 cm³/mol. The van der Waals surface area contributed by atoms with Gasteiger partial charge in [0.15, 0.2) is 9.84 Å². The van der Waals surface area contributed by atoms with Crippen LogP contribution in [0.25, 0.3) is 11.5 Å². The summed E-state index contributed by atoms with van der Waals surface area (Å²) in [4.78, 5) is 14.4. The number of amides is 1. The minimum absolute atomic E-state index is 0.0267. The normalized spacial score (nSPS) is 15.2. The number of aromatic nitrogens is 2. The van der Waals surface area contributed by atoms with Crippen LogP contribution in [0.4, 0.5) is 4.39 Å². The Labute approximate surface area is 179 Å². The lowest BCUT2D eigenvalue weighted by atomic mass is 9.96. The summed E-state index contributed by atoms with van der Waals surface area (Å²) in [6, 6.07) is 14.0. The van der Waals surface area contributed by atoms with Crippen LogP contribution in [0.15, 0.2) is 63.9 Å². The third-order valence-electron chi connectivity index (χ3n) is 5.42. The van der Waals surface area contributed by atoms with Crippen LogP contribution in [0, 0.1) is 5.82 Å². The van der Waals surface area contributed by atoms with Crippen LogP contribution in [-0.4, -0.2) is 48.3 Å². The summed E-state index contributed by atoms with van der Waals surface area (Å²) in [7, 11) is -3.48. The fraction of sp³-hybridized carbons (Fsp3) is 0.318. The van der Waals surface area contributed by atoms with Gasteiger partial charge >= 0.3 is 0 Å². The fourth-order valence-corrected chi connectivity index (χ4v) is 4.86. The smallest absolute Gasteiger partial charge is 0.247 e. The third-order valence-corrected chi connectivity index (χ3v) is 7.15. The van der Waals surface area contributed by atoms with Crippen LogP contribution in [0.5, 0.6) is 0 Å². The highest BCUT2D eigenvalue weighted by Crippen LogP contribution is 2.29. The highest BCUT2D eigenvalue weighted by Gasteiger charge is 2.28. The number of hydrogen-bond acceptors (Lipinski definition) is 6. The molecule has 9 heteroatoms. The first-order valence-electron chi connectivity index (χ1n) is 10.1. The van der Waals surface area contributed by atoms with E-state index < -0.39 is 9.84 Å².